The van der Waals surface area contributed by atoms with Gasteiger partial charge in [-0.25, -0.2) is 0 Å². The topological polar surface area (TPSA) is 12.9 Å². The monoisotopic (exact) mass is 303 g/mol. The molecule has 0 saturated carbocycles. The molecule has 2 aromatic carbocycles. The van der Waals surface area contributed by atoms with Crippen LogP contribution in [0.5, 0.6) is 0 Å². The second-order valence-electron chi connectivity index (χ2n) is 4.32. The first-order chi connectivity index (χ1) is 9.67. The summed E-state index contributed by atoms with van der Waals surface area (Å²) in [5.74, 6) is 0. The number of aromatic nitrogens is 1. The number of hydrogen-bond acceptors (Lipinski definition) is 2. The molecule has 0 spiro atoms. The molecule has 0 bridgehead atoms. The zero-order valence-electron chi connectivity index (χ0n) is 10.5. The summed E-state index contributed by atoms with van der Waals surface area (Å²) >= 11 is 0.672. The molecule has 20 heavy (non-hydrogen) atoms. The molecule has 0 unspecified atom stereocenters. The second kappa shape index (κ2) is 5.34. The Morgan fingerprint density at radius 3 is 2.40 bits per heavy atom. The molecule has 0 N–H and O–H groups in total. The highest BCUT2D eigenvalue weighted by Crippen LogP contribution is 2.34. The van der Waals surface area contributed by atoms with Gasteiger partial charge in [0.1, 0.15) is 0 Å². The van der Waals surface area contributed by atoms with Gasteiger partial charge in [-0.15, -0.1) is 0 Å². The molecule has 0 radical (unpaired) electrons. The lowest BCUT2D eigenvalue weighted by molar-refractivity contribution is 0.671. The molecule has 1 nitrogen and oxygen atoms in total. The number of benzene rings is 2. The second-order valence-corrected chi connectivity index (χ2v) is 8.72. The fourth-order valence-electron chi connectivity index (χ4n) is 1.99. The highest BCUT2D eigenvalue weighted by molar-refractivity contribution is 8.28. The number of para-hydroxylation sites is 1. The van der Waals surface area contributed by atoms with Gasteiger partial charge in [-0.3, -0.25) is 13.2 Å². The molecular formula is C15H11F2NSSi. The lowest BCUT2D eigenvalue weighted by atomic mass is 10.2. The van der Waals surface area contributed by atoms with Gasteiger partial charge in [0.2, 0.25) is 0 Å². The van der Waals surface area contributed by atoms with Gasteiger partial charge in [-0.1, -0.05) is 59.7 Å². The number of hydrogen-bond donors (Lipinski definition) is 0. The van der Waals surface area contributed by atoms with Gasteiger partial charge in [0.05, 0.1) is 5.52 Å². The Kier molecular flexibility index (Phi) is 3.54. The molecule has 0 amide bonds. The zero-order valence-corrected chi connectivity index (χ0v) is 12.3. The van der Waals surface area contributed by atoms with E-state index in [2.05, 4.69) is 4.98 Å². The van der Waals surface area contributed by atoms with Gasteiger partial charge < -0.3 is 0 Å². The molecule has 0 aliphatic heterocycles. The van der Waals surface area contributed by atoms with E-state index in [1.54, 1.807) is 36.5 Å². The van der Waals surface area contributed by atoms with Crippen LogP contribution in [0.3, 0.4) is 0 Å². The van der Waals surface area contributed by atoms with Crippen molar-refractivity contribution in [2.24, 2.45) is 0 Å². The zero-order chi connectivity index (χ0) is 14.0. The van der Waals surface area contributed by atoms with E-state index in [0.717, 1.165) is 5.39 Å². The lowest BCUT2D eigenvalue weighted by Gasteiger charge is -2.13. The SMILES string of the molecule is F[Si](F)(Sc1cccc2cccnc12)c1ccccc1. The first-order valence-electron chi connectivity index (χ1n) is 6.13. The molecule has 0 aliphatic carbocycles. The van der Waals surface area contributed by atoms with Crippen LogP contribution in [0.1, 0.15) is 0 Å². The van der Waals surface area contributed by atoms with Crippen molar-refractivity contribution in [1.29, 1.82) is 0 Å². The predicted molar refractivity (Wildman–Crippen MR) is 81.6 cm³/mol. The van der Waals surface area contributed by atoms with Crippen molar-refractivity contribution in [2.75, 3.05) is 0 Å². The molecule has 0 aliphatic rings. The van der Waals surface area contributed by atoms with Crippen LogP contribution in [-0.2, 0) is 0 Å². The summed E-state index contributed by atoms with van der Waals surface area (Å²) in [4.78, 5) is 4.77. The predicted octanol–water partition coefficient (Wildman–Crippen LogP) is 4.11. The van der Waals surface area contributed by atoms with E-state index in [9.17, 15) is 8.22 Å². The van der Waals surface area contributed by atoms with E-state index in [4.69, 9.17) is 0 Å². The van der Waals surface area contributed by atoms with E-state index >= 15 is 0 Å². The van der Waals surface area contributed by atoms with Crippen LogP contribution >= 0.6 is 11.2 Å². The smallest absolute Gasteiger partial charge is 0.255 e. The van der Waals surface area contributed by atoms with Crippen LogP contribution in [0.15, 0.2) is 71.8 Å². The quantitative estimate of drug-likeness (QED) is 0.533. The molecule has 1 aromatic heterocycles. The average molecular weight is 303 g/mol. The number of rotatable bonds is 3. The maximum absolute atomic E-state index is 14.4. The Labute approximate surface area is 120 Å². The van der Waals surface area contributed by atoms with E-state index in [1.165, 1.54) is 12.1 Å². The molecule has 1 heterocycles. The van der Waals surface area contributed by atoms with Gasteiger partial charge in [-0.05, 0) is 12.1 Å². The first kappa shape index (κ1) is 13.3. The summed E-state index contributed by atoms with van der Waals surface area (Å²) in [5, 5.41) is 1.02. The molecule has 0 atom stereocenters. The normalized spacial score (nSPS) is 11.7. The number of nitrogens with zero attached hydrogens (tertiary/aromatic N) is 1. The van der Waals surface area contributed by atoms with Crippen LogP contribution in [-0.4, -0.2) is 12.9 Å². The molecule has 3 aromatic rings. The van der Waals surface area contributed by atoms with Crippen molar-refractivity contribution in [3.8, 4) is 0 Å². The summed E-state index contributed by atoms with van der Waals surface area (Å²) in [6, 6.07) is 17.1. The van der Waals surface area contributed by atoms with Crippen molar-refractivity contribution in [3.05, 3.63) is 66.9 Å². The summed E-state index contributed by atoms with van der Waals surface area (Å²) in [6.07, 6.45) is 1.63. The van der Waals surface area contributed by atoms with Gasteiger partial charge >= 0.3 is 7.89 Å². The average Bonchev–Trinajstić information content (AvgIpc) is 2.48. The summed E-state index contributed by atoms with van der Waals surface area (Å²) in [7, 11) is -4.56. The third-order valence-corrected chi connectivity index (χ3v) is 6.89. The third-order valence-electron chi connectivity index (χ3n) is 2.94. The Morgan fingerprint density at radius 1 is 0.850 bits per heavy atom. The fraction of sp³-hybridized carbons (Fsp3) is 0. The van der Waals surface area contributed by atoms with Crippen molar-refractivity contribution < 1.29 is 8.22 Å². The van der Waals surface area contributed by atoms with Gasteiger partial charge in [0.15, 0.2) is 0 Å². The Bertz CT molecular complexity index is 729. The summed E-state index contributed by atoms with van der Waals surface area (Å²) in [6.45, 7) is 0. The standard InChI is InChI=1S/C15H11F2NSSi/c16-20(17,13-8-2-1-3-9-13)19-14-10-4-6-12-7-5-11-18-15(12)14/h1-11H. The first-order valence-corrected chi connectivity index (χ1v) is 9.43. The van der Waals surface area contributed by atoms with Gasteiger partial charge in [0.25, 0.3) is 0 Å². The highest BCUT2D eigenvalue weighted by Gasteiger charge is 2.40. The highest BCUT2D eigenvalue weighted by atomic mass is 32.4. The van der Waals surface area contributed by atoms with E-state index in [-0.39, 0.29) is 5.19 Å². The Hall–Kier alpha value is -1.72. The minimum absolute atomic E-state index is 0.137. The van der Waals surface area contributed by atoms with Crippen molar-refractivity contribution in [3.63, 3.8) is 0 Å². The maximum atomic E-state index is 14.4. The maximum Gasteiger partial charge on any atom is 0.523 e. The van der Waals surface area contributed by atoms with Crippen LogP contribution in [0.25, 0.3) is 10.9 Å². The van der Waals surface area contributed by atoms with E-state index < -0.39 is 7.89 Å². The van der Waals surface area contributed by atoms with Crippen molar-refractivity contribution in [1.82, 2.24) is 4.98 Å². The lowest BCUT2D eigenvalue weighted by Crippen LogP contribution is -2.35. The van der Waals surface area contributed by atoms with E-state index in [1.807, 2.05) is 18.2 Å². The van der Waals surface area contributed by atoms with Crippen LogP contribution < -0.4 is 5.19 Å². The largest absolute Gasteiger partial charge is 0.523 e. The molecule has 5 heteroatoms. The molecule has 0 fully saturated rings. The van der Waals surface area contributed by atoms with E-state index in [0.29, 0.717) is 21.6 Å². The van der Waals surface area contributed by atoms with Crippen molar-refractivity contribution in [2.45, 2.75) is 4.90 Å². The molecule has 3 rings (SSSR count). The number of fused-ring (bicyclic) bond motifs is 1. The number of halogens is 2. The van der Waals surface area contributed by atoms with Crippen molar-refractivity contribution >= 4 is 35.2 Å². The fourth-order valence-corrected chi connectivity index (χ4v) is 5.46. The minimum atomic E-state index is -4.56. The summed E-state index contributed by atoms with van der Waals surface area (Å²) < 4.78 is 28.9. The van der Waals surface area contributed by atoms with Crippen LogP contribution in [0.4, 0.5) is 8.22 Å². The molecule has 0 saturated heterocycles. The Balaban J connectivity index is 2.01. The molecular weight excluding hydrogens is 292 g/mol. The molecule has 100 valence electrons. The van der Waals surface area contributed by atoms with Gasteiger partial charge in [-0.2, -0.15) is 0 Å². The van der Waals surface area contributed by atoms with Crippen LogP contribution in [0.2, 0.25) is 0 Å². The minimum Gasteiger partial charge on any atom is -0.255 e. The summed E-state index contributed by atoms with van der Waals surface area (Å²) in [5.41, 5.74) is 0.642. The van der Waals surface area contributed by atoms with Gasteiger partial charge in [0, 0.05) is 21.7 Å². The number of pyridine rings is 1. The Morgan fingerprint density at radius 2 is 1.60 bits per heavy atom. The van der Waals surface area contributed by atoms with Crippen LogP contribution in [0, 0.1) is 0 Å². The third kappa shape index (κ3) is 2.59.